The predicted molar refractivity (Wildman–Crippen MR) is 81.7 cm³/mol. The Labute approximate surface area is 124 Å². The fraction of sp³-hybridized carbons (Fsp3) is 0.143. The standard InChI is InChI=1S/C14H13BrN4O/c1-20-10-4-2-9(3-5-10)8-19-13-11(17-14(19)16)6-7-12(15)18-13/h2-7H,8H2,1H3,(H2,16,17). The number of nitrogens with two attached hydrogens (primary N) is 1. The van der Waals surface area contributed by atoms with Gasteiger partial charge < -0.3 is 10.5 Å². The van der Waals surface area contributed by atoms with Crippen molar-refractivity contribution in [3.8, 4) is 5.75 Å². The van der Waals surface area contributed by atoms with Crippen LogP contribution in [0.15, 0.2) is 41.0 Å². The van der Waals surface area contributed by atoms with Gasteiger partial charge in [0.25, 0.3) is 0 Å². The summed E-state index contributed by atoms with van der Waals surface area (Å²) in [6.45, 7) is 0.621. The molecule has 3 aromatic rings. The van der Waals surface area contributed by atoms with Gasteiger partial charge >= 0.3 is 0 Å². The van der Waals surface area contributed by atoms with Gasteiger partial charge in [-0.05, 0) is 45.8 Å². The Morgan fingerprint density at radius 2 is 1.90 bits per heavy atom. The highest BCUT2D eigenvalue weighted by Crippen LogP contribution is 2.21. The SMILES string of the molecule is COc1ccc(Cn2c(N)nc3ccc(Br)nc32)cc1. The minimum absolute atomic E-state index is 0.460. The Hall–Kier alpha value is -2.08. The summed E-state index contributed by atoms with van der Waals surface area (Å²) in [4.78, 5) is 8.76. The number of benzene rings is 1. The first-order valence-electron chi connectivity index (χ1n) is 6.08. The fourth-order valence-corrected chi connectivity index (χ4v) is 2.37. The molecule has 5 nitrogen and oxygen atoms in total. The van der Waals surface area contributed by atoms with Crippen LogP contribution < -0.4 is 10.5 Å². The van der Waals surface area contributed by atoms with Crippen molar-refractivity contribution in [3.63, 3.8) is 0 Å². The molecule has 0 aliphatic carbocycles. The molecule has 0 saturated carbocycles. The number of anilines is 1. The van der Waals surface area contributed by atoms with Gasteiger partial charge in [0.05, 0.1) is 13.7 Å². The third kappa shape index (κ3) is 2.34. The number of nitrogens with zero attached hydrogens (tertiary/aromatic N) is 3. The zero-order chi connectivity index (χ0) is 14.1. The maximum absolute atomic E-state index is 5.98. The number of hydrogen-bond acceptors (Lipinski definition) is 4. The van der Waals surface area contributed by atoms with Crippen LogP contribution in [0.3, 0.4) is 0 Å². The lowest BCUT2D eigenvalue weighted by molar-refractivity contribution is 0.414. The number of nitrogen functional groups attached to an aromatic ring is 1. The highest BCUT2D eigenvalue weighted by Gasteiger charge is 2.10. The predicted octanol–water partition coefficient (Wildman–Crippen LogP) is 2.83. The average Bonchev–Trinajstić information content (AvgIpc) is 2.76. The number of fused-ring (bicyclic) bond motifs is 1. The maximum Gasteiger partial charge on any atom is 0.202 e. The third-order valence-electron chi connectivity index (χ3n) is 3.09. The van der Waals surface area contributed by atoms with E-state index in [0.29, 0.717) is 12.5 Å². The summed E-state index contributed by atoms with van der Waals surface area (Å²) in [5, 5.41) is 0. The molecule has 1 aromatic carbocycles. The summed E-state index contributed by atoms with van der Waals surface area (Å²) in [7, 11) is 1.65. The lowest BCUT2D eigenvalue weighted by Gasteiger charge is -2.07. The van der Waals surface area contributed by atoms with Gasteiger partial charge in [0.2, 0.25) is 5.95 Å². The molecule has 0 aliphatic heterocycles. The van der Waals surface area contributed by atoms with Crippen molar-refractivity contribution in [1.29, 1.82) is 0 Å². The molecule has 0 atom stereocenters. The molecule has 0 unspecified atom stereocenters. The molecule has 0 bridgehead atoms. The Morgan fingerprint density at radius 1 is 1.15 bits per heavy atom. The molecule has 6 heteroatoms. The van der Waals surface area contributed by atoms with Crippen LogP contribution in [-0.2, 0) is 6.54 Å². The van der Waals surface area contributed by atoms with Crippen LogP contribution in [0.2, 0.25) is 0 Å². The van der Waals surface area contributed by atoms with Gasteiger partial charge in [-0.25, -0.2) is 9.97 Å². The number of rotatable bonds is 3. The van der Waals surface area contributed by atoms with Crippen molar-refractivity contribution in [3.05, 3.63) is 46.6 Å². The van der Waals surface area contributed by atoms with Gasteiger partial charge in [0.1, 0.15) is 15.9 Å². The van der Waals surface area contributed by atoms with Crippen molar-refractivity contribution in [2.24, 2.45) is 0 Å². The van der Waals surface area contributed by atoms with E-state index in [4.69, 9.17) is 10.5 Å². The van der Waals surface area contributed by atoms with Crippen LogP contribution >= 0.6 is 15.9 Å². The van der Waals surface area contributed by atoms with E-state index in [1.165, 1.54) is 0 Å². The van der Waals surface area contributed by atoms with Crippen LogP contribution in [0.4, 0.5) is 5.95 Å². The zero-order valence-electron chi connectivity index (χ0n) is 10.9. The number of ether oxygens (including phenoxy) is 1. The second-order valence-electron chi connectivity index (χ2n) is 4.38. The van der Waals surface area contributed by atoms with E-state index < -0.39 is 0 Å². The monoisotopic (exact) mass is 332 g/mol. The molecule has 0 spiro atoms. The van der Waals surface area contributed by atoms with Crippen molar-refractivity contribution < 1.29 is 4.74 Å². The number of hydrogen-bond donors (Lipinski definition) is 1. The van der Waals surface area contributed by atoms with E-state index in [1.54, 1.807) is 7.11 Å². The molecular weight excluding hydrogens is 320 g/mol. The normalized spacial score (nSPS) is 10.9. The van der Waals surface area contributed by atoms with E-state index in [0.717, 1.165) is 27.1 Å². The largest absolute Gasteiger partial charge is 0.497 e. The molecule has 0 saturated heterocycles. The summed E-state index contributed by atoms with van der Waals surface area (Å²) in [5.41, 5.74) is 8.65. The van der Waals surface area contributed by atoms with Crippen molar-refractivity contribution in [1.82, 2.24) is 14.5 Å². The molecule has 2 N–H and O–H groups in total. The lowest BCUT2D eigenvalue weighted by Crippen LogP contribution is -2.05. The summed E-state index contributed by atoms with van der Waals surface area (Å²) in [6, 6.07) is 11.6. The van der Waals surface area contributed by atoms with Gasteiger partial charge in [-0.3, -0.25) is 4.57 Å². The number of halogens is 1. The van der Waals surface area contributed by atoms with E-state index in [9.17, 15) is 0 Å². The van der Waals surface area contributed by atoms with Gasteiger partial charge in [-0.15, -0.1) is 0 Å². The number of aromatic nitrogens is 3. The van der Waals surface area contributed by atoms with Crippen LogP contribution in [0.1, 0.15) is 5.56 Å². The average molecular weight is 333 g/mol. The summed E-state index contributed by atoms with van der Waals surface area (Å²) < 4.78 is 7.81. The minimum Gasteiger partial charge on any atom is -0.497 e. The topological polar surface area (TPSA) is 66.0 Å². The van der Waals surface area contributed by atoms with Gasteiger partial charge in [-0.1, -0.05) is 12.1 Å². The second kappa shape index (κ2) is 5.13. The van der Waals surface area contributed by atoms with Crippen LogP contribution in [0, 0.1) is 0 Å². The molecule has 20 heavy (non-hydrogen) atoms. The Morgan fingerprint density at radius 3 is 2.60 bits per heavy atom. The Balaban J connectivity index is 2.00. The first-order chi connectivity index (χ1) is 9.67. The molecule has 3 rings (SSSR count). The van der Waals surface area contributed by atoms with Crippen molar-refractivity contribution in [2.75, 3.05) is 12.8 Å². The number of methoxy groups -OCH3 is 1. The van der Waals surface area contributed by atoms with Gasteiger partial charge in [0.15, 0.2) is 5.65 Å². The molecule has 2 aromatic heterocycles. The minimum atomic E-state index is 0.460. The van der Waals surface area contributed by atoms with Crippen molar-refractivity contribution >= 4 is 33.0 Å². The first kappa shape index (κ1) is 12.9. The second-order valence-corrected chi connectivity index (χ2v) is 5.19. The van der Waals surface area contributed by atoms with Crippen LogP contribution in [0.5, 0.6) is 5.75 Å². The van der Waals surface area contributed by atoms with E-state index in [-0.39, 0.29) is 0 Å². The van der Waals surface area contributed by atoms with Gasteiger partial charge in [0, 0.05) is 0 Å². The molecule has 0 fully saturated rings. The molecule has 102 valence electrons. The quantitative estimate of drug-likeness (QED) is 0.749. The molecule has 2 heterocycles. The number of pyridine rings is 1. The zero-order valence-corrected chi connectivity index (χ0v) is 12.5. The van der Waals surface area contributed by atoms with Gasteiger partial charge in [-0.2, -0.15) is 0 Å². The Kier molecular flexibility index (Phi) is 3.31. The molecule has 0 amide bonds. The Bertz CT molecular complexity index is 752. The summed E-state index contributed by atoms with van der Waals surface area (Å²) in [5.74, 6) is 1.29. The highest BCUT2D eigenvalue weighted by molar-refractivity contribution is 9.10. The van der Waals surface area contributed by atoms with Crippen molar-refractivity contribution in [2.45, 2.75) is 6.54 Å². The molecule has 0 aliphatic rings. The highest BCUT2D eigenvalue weighted by atomic mass is 79.9. The maximum atomic E-state index is 5.98. The number of imidazole rings is 1. The molecule has 0 radical (unpaired) electrons. The fourth-order valence-electron chi connectivity index (χ4n) is 2.07. The third-order valence-corrected chi connectivity index (χ3v) is 3.53. The lowest BCUT2D eigenvalue weighted by atomic mass is 10.2. The van der Waals surface area contributed by atoms with Crippen LogP contribution in [0.25, 0.3) is 11.2 Å². The first-order valence-corrected chi connectivity index (χ1v) is 6.88. The summed E-state index contributed by atoms with van der Waals surface area (Å²) in [6.07, 6.45) is 0. The smallest absolute Gasteiger partial charge is 0.202 e. The van der Waals surface area contributed by atoms with E-state index in [1.807, 2.05) is 41.0 Å². The van der Waals surface area contributed by atoms with Crippen LogP contribution in [-0.4, -0.2) is 21.6 Å². The molecular formula is C14H13BrN4O. The van der Waals surface area contributed by atoms with E-state index in [2.05, 4.69) is 25.9 Å². The summed E-state index contributed by atoms with van der Waals surface area (Å²) >= 11 is 3.37. The van der Waals surface area contributed by atoms with E-state index >= 15 is 0 Å².